The number of benzene rings is 2. The predicted octanol–water partition coefficient (Wildman–Crippen LogP) is 1.38. The molecule has 16 heavy (non-hydrogen) atoms. The predicted molar refractivity (Wildman–Crippen MR) is 61.3 cm³/mol. The second-order valence-electron chi connectivity index (χ2n) is 3.62. The summed E-state index contributed by atoms with van der Waals surface area (Å²) in [6.45, 7) is 2.04. The molecule has 2 N–H and O–H groups in total. The molecule has 1 radical (unpaired) electrons. The Balaban J connectivity index is 2.20. The zero-order chi connectivity index (χ0) is 11.4. The lowest BCUT2D eigenvalue weighted by Gasteiger charge is -2.01. The Kier molecular flexibility index (Phi) is 3.17. The molecule has 0 aliphatic rings. The second kappa shape index (κ2) is 4.77. The summed E-state index contributed by atoms with van der Waals surface area (Å²) in [6.07, 6.45) is 0. The van der Waals surface area contributed by atoms with Gasteiger partial charge in [0.05, 0.1) is 4.79 Å². The van der Waals surface area contributed by atoms with E-state index in [2.05, 4.69) is 18.2 Å². The van der Waals surface area contributed by atoms with Crippen molar-refractivity contribution in [2.45, 2.75) is 13.5 Å². The van der Waals surface area contributed by atoms with Crippen molar-refractivity contribution in [1.29, 1.82) is 0 Å². The number of carbonyl (C=O) groups is 1. The number of hydrogen-bond donors (Lipinski definition) is 1. The van der Waals surface area contributed by atoms with Gasteiger partial charge in [0, 0.05) is 5.56 Å². The van der Waals surface area contributed by atoms with E-state index in [4.69, 9.17) is 4.84 Å². The van der Waals surface area contributed by atoms with Gasteiger partial charge in [0.1, 0.15) is 6.92 Å². The summed E-state index contributed by atoms with van der Waals surface area (Å²) in [5.41, 5.74) is 2.71. The first kappa shape index (κ1) is 10.6. The minimum atomic E-state index is -0.278. The number of hydrogen-bond acceptors (Lipinski definition) is 2. The molecule has 0 unspecified atom stereocenters. The van der Waals surface area contributed by atoms with E-state index in [0.29, 0.717) is 6.54 Å². The second-order valence-corrected chi connectivity index (χ2v) is 3.62. The number of carbonyl (C=O) groups excluding carboxylic acids is 1. The molecule has 3 nitrogen and oxygen atoms in total. The molecule has 0 amide bonds. The van der Waals surface area contributed by atoms with Crippen LogP contribution in [0.1, 0.15) is 12.5 Å². The number of hydroxylamine groups is 1. The molecule has 0 aromatic heterocycles. The van der Waals surface area contributed by atoms with Crippen LogP contribution in [-0.4, -0.2) is 5.97 Å². The molecule has 2 rings (SSSR count). The van der Waals surface area contributed by atoms with Crippen molar-refractivity contribution in [2.75, 3.05) is 0 Å². The average molecular weight is 216 g/mol. The van der Waals surface area contributed by atoms with Crippen molar-refractivity contribution in [3.63, 3.8) is 0 Å². The Hall–Kier alpha value is -1.87. The van der Waals surface area contributed by atoms with Gasteiger partial charge in [-0.2, -0.15) is 0 Å². The van der Waals surface area contributed by atoms with Crippen LogP contribution in [-0.2, 0) is 16.2 Å². The molecule has 0 aliphatic carbocycles. The molecule has 2 aromatic rings. The van der Waals surface area contributed by atoms with Gasteiger partial charge in [-0.15, -0.1) is 0 Å². The third-order valence-corrected chi connectivity index (χ3v) is 2.43. The average Bonchev–Trinajstić information content (AvgIpc) is 2.29. The van der Waals surface area contributed by atoms with Crippen molar-refractivity contribution < 1.29 is 15.1 Å². The van der Waals surface area contributed by atoms with E-state index in [0.717, 1.165) is 0 Å². The highest BCUT2D eigenvalue weighted by Gasteiger charge is 2.11. The van der Waals surface area contributed by atoms with Gasteiger partial charge >= 0.3 is 5.97 Å². The Morgan fingerprint density at radius 1 is 1.19 bits per heavy atom. The highest BCUT2D eigenvalue weighted by Crippen LogP contribution is 2.17. The summed E-state index contributed by atoms with van der Waals surface area (Å²) >= 11 is 0. The van der Waals surface area contributed by atoms with Gasteiger partial charge in [0.25, 0.3) is 0 Å². The van der Waals surface area contributed by atoms with Crippen LogP contribution < -0.4 is 5.48 Å². The van der Waals surface area contributed by atoms with Crippen LogP contribution in [0.5, 0.6) is 0 Å². The van der Waals surface area contributed by atoms with Crippen LogP contribution in [0, 0.1) is 0 Å². The standard InChI is InChI=1S/C13H13NO2/c1-10(15)16-14-9-12-7-4-6-11-5-2-3-8-13(11)12/h2-8,14H,9H2,1H3/q+1/p+1. The van der Waals surface area contributed by atoms with Crippen molar-refractivity contribution >= 4 is 16.7 Å². The van der Waals surface area contributed by atoms with E-state index in [1.165, 1.54) is 23.3 Å². The fraction of sp³-hybridized carbons (Fsp3) is 0.154. The molecule has 0 saturated heterocycles. The maximum atomic E-state index is 10.6. The minimum absolute atomic E-state index is 0.278. The van der Waals surface area contributed by atoms with E-state index in [1.54, 1.807) is 5.48 Å². The van der Waals surface area contributed by atoms with Gasteiger partial charge in [0.15, 0.2) is 6.54 Å². The highest BCUT2D eigenvalue weighted by molar-refractivity contribution is 5.85. The third-order valence-electron chi connectivity index (χ3n) is 2.43. The summed E-state index contributed by atoms with van der Waals surface area (Å²) in [4.78, 5) is 15.5. The summed E-state index contributed by atoms with van der Waals surface area (Å²) in [7, 11) is 0. The van der Waals surface area contributed by atoms with Gasteiger partial charge in [-0.05, 0) is 10.8 Å². The summed E-state index contributed by atoms with van der Waals surface area (Å²) in [5, 5.41) is 2.41. The molecular formula is C13H14NO2+2. The smallest absolute Gasteiger partial charge is 0.0899 e. The molecule has 0 fully saturated rings. The zero-order valence-electron chi connectivity index (χ0n) is 9.14. The molecule has 0 bridgehead atoms. The lowest BCUT2D eigenvalue weighted by atomic mass is 10.1. The maximum Gasteiger partial charge on any atom is 0.635 e. The van der Waals surface area contributed by atoms with Gasteiger partial charge in [-0.3, -0.25) is 0 Å². The van der Waals surface area contributed by atoms with E-state index in [1.807, 2.05) is 24.3 Å². The first-order valence-electron chi connectivity index (χ1n) is 5.23. The number of nitrogens with two attached hydrogens (primary N) is 1. The van der Waals surface area contributed by atoms with Gasteiger partial charge in [-0.25, -0.2) is 0 Å². The molecule has 3 heteroatoms. The topological polar surface area (TPSA) is 45.7 Å². The lowest BCUT2D eigenvalue weighted by molar-refractivity contribution is -0.884. The first-order valence-corrected chi connectivity index (χ1v) is 5.23. The van der Waals surface area contributed by atoms with Crippen LogP contribution in [0.2, 0.25) is 0 Å². The third kappa shape index (κ3) is 2.38. The van der Waals surface area contributed by atoms with E-state index in [-0.39, 0.29) is 5.97 Å². The SMILES string of the molecule is CC(=[O+])O[NH2+]Cc1cccc2ccccc12. The lowest BCUT2D eigenvalue weighted by Crippen LogP contribution is -2.82. The number of rotatable bonds is 3. The molecule has 0 heterocycles. The molecular weight excluding hydrogens is 202 g/mol. The monoisotopic (exact) mass is 216 g/mol. The minimum Gasteiger partial charge on any atom is -0.0899 e. The van der Waals surface area contributed by atoms with Gasteiger partial charge in [0.2, 0.25) is 0 Å². The highest BCUT2D eigenvalue weighted by atomic mass is 16.7. The summed E-state index contributed by atoms with van der Waals surface area (Å²) in [6, 6.07) is 14.3. The summed E-state index contributed by atoms with van der Waals surface area (Å²) < 4.78 is 0. The van der Waals surface area contributed by atoms with Gasteiger partial charge < -0.3 is 0 Å². The van der Waals surface area contributed by atoms with Crippen molar-refractivity contribution in [3.05, 3.63) is 48.0 Å². The van der Waals surface area contributed by atoms with Crippen molar-refractivity contribution in [3.8, 4) is 0 Å². The van der Waals surface area contributed by atoms with E-state index >= 15 is 0 Å². The fourth-order valence-electron chi connectivity index (χ4n) is 1.72. The normalized spacial score (nSPS) is 10.3. The van der Waals surface area contributed by atoms with Crippen LogP contribution >= 0.6 is 0 Å². The van der Waals surface area contributed by atoms with Crippen LogP contribution in [0.4, 0.5) is 0 Å². The molecule has 81 valence electrons. The first-order chi connectivity index (χ1) is 7.77. The van der Waals surface area contributed by atoms with Crippen LogP contribution in [0.3, 0.4) is 0 Å². The largest absolute Gasteiger partial charge is 0.635 e. The molecule has 0 aliphatic heterocycles. The molecule has 0 saturated carbocycles. The number of fused-ring (bicyclic) bond motifs is 1. The van der Waals surface area contributed by atoms with Crippen LogP contribution in [0.25, 0.3) is 10.8 Å². The van der Waals surface area contributed by atoms with E-state index in [9.17, 15) is 4.79 Å². The van der Waals surface area contributed by atoms with E-state index < -0.39 is 0 Å². The van der Waals surface area contributed by atoms with Crippen molar-refractivity contribution in [2.24, 2.45) is 0 Å². The molecule has 0 spiro atoms. The number of quaternary nitrogens is 1. The Morgan fingerprint density at radius 2 is 1.94 bits per heavy atom. The van der Waals surface area contributed by atoms with Gasteiger partial charge in [-0.1, -0.05) is 52.8 Å². The molecule has 0 atom stereocenters. The Labute approximate surface area is 94.0 Å². The Bertz CT molecular complexity index is 503. The maximum absolute atomic E-state index is 10.6. The van der Waals surface area contributed by atoms with Crippen LogP contribution in [0.15, 0.2) is 42.5 Å². The molecule has 2 aromatic carbocycles. The zero-order valence-corrected chi connectivity index (χ0v) is 9.14. The fourth-order valence-corrected chi connectivity index (χ4v) is 1.72. The summed E-state index contributed by atoms with van der Waals surface area (Å²) in [5.74, 6) is -0.278. The van der Waals surface area contributed by atoms with Crippen molar-refractivity contribution in [1.82, 2.24) is 0 Å². The Morgan fingerprint density at radius 3 is 2.75 bits per heavy atom. The quantitative estimate of drug-likeness (QED) is 0.622.